The lowest BCUT2D eigenvalue weighted by Gasteiger charge is -2.08. The molecular formula is C17H15N5O4. The SMILES string of the molecule is CNC(=O)CNC(=O)c1cccc(OC(=O)c2cncc3[nH]ncc23)c1. The number of nitrogens with one attached hydrogen (secondary N) is 3. The van der Waals surface area contributed by atoms with Gasteiger partial charge in [-0.3, -0.25) is 19.7 Å². The Balaban J connectivity index is 1.74. The maximum Gasteiger partial charge on any atom is 0.345 e. The predicted octanol–water partition coefficient (Wildman–Crippen LogP) is 0.653. The lowest BCUT2D eigenvalue weighted by molar-refractivity contribution is -0.119. The van der Waals surface area contributed by atoms with Crippen LogP contribution in [0.5, 0.6) is 5.75 Å². The molecule has 0 unspecified atom stereocenters. The van der Waals surface area contributed by atoms with Crippen LogP contribution in [-0.2, 0) is 4.79 Å². The second kappa shape index (κ2) is 7.43. The second-order valence-corrected chi connectivity index (χ2v) is 5.29. The number of benzene rings is 1. The van der Waals surface area contributed by atoms with Crippen LogP contribution in [0.25, 0.3) is 10.9 Å². The molecule has 0 aliphatic heterocycles. The zero-order valence-corrected chi connectivity index (χ0v) is 13.8. The standard InChI is InChI=1S/C17H15N5O4/c1-18-15(23)9-20-16(24)10-3-2-4-11(5-10)26-17(25)13-6-19-8-14-12(13)7-21-22-14/h2-8H,9H2,1H3,(H,18,23)(H,20,24)(H,21,22). The number of esters is 1. The van der Waals surface area contributed by atoms with E-state index in [2.05, 4.69) is 25.8 Å². The highest BCUT2D eigenvalue weighted by Crippen LogP contribution is 2.19. The molecule has 2 amide bonds. The minimum atomic E-state index is -0.618. The zero-order valence-electron chi connectivity index (χ0n) is 13.8. The Labute approximate surface area is 147 Å². The first-order valence-corrected chi connectivity index (χ1v) is 7.66. The van der Waals surface area contributed by atoms with Gasteiger partial charge in [-0.15, -0.1) is 0 Å². The number of pyridine rings is 1. The third kappa shape index (κ3) is 3.66. The van der Waals surface area contributed by atoms with Crippen molar-refractivity contribution in [2.24, 2.45) is 0 Å². The molecule has 2 heterocycles. The molecular weight excluding hydrogens is 338 g/mol. The van der Waals surface area contributed by atoms with Crippen molar-refractivity contribution in [2.75, 3.05) is 13.6 Å². The summed E-state index contributed by atoms with van der Waals surface area (Å²) < 4.78 is 5.34. The van der Waals surface area contributed by atoms with Gasteiger partial charge in [0.15, 0.2) is 0 Å². The van der Waals surface area contributed by atoms with Crippen LogP contribution in [0.2, 0.25) is 0 Å². The molecule has 26 heavy (non-hydrogen) atoms. The molecule has 0 saturated heterocycles. The zero-order chi connectivity index (χ0) is 18.5. The summed E-state index contributed by atoms with van der Waals surface area (Å²) >= 11 is 0. The van der Waals surface area contributed by atoms with Crippen LogP contribution in [0.4, 0.5) is 0 Å². The molecule has 0 bridgehead atoms. The number of fused-ring (bicyclic) bond motifs is 1. The summed E-state index contributed by atoms with van der Waals surface area (Å²) in [6, 6.07) is 6.10. The lowest BCUT2D eigenvalue weighted by Crippen LogP contribution is -2.35. The molecule has 1 aromatic carbocycles. The summed E-state index contributed by atoms with van der Waals surface area (Å²) in [4.78, 5) is 39.6. The Kier molecular flexibility index (Phi) is 4.88. The molecule has 0 radical (unpaired) electrons. The summed E-state index contributed by atoms with van der Waals surface area (Å²) in [6.07, 6.45) is 4.45. The third-order valence-corrected chi connectivity index (χ3v) is 3.58. The van der Waals surface area contributed by atoms with Crippen LogP contribution in [0, 0.1) is 0 Å². The van der Waals surface area contributed by atoms with Crippen LogP contribution < -0.4 is 15.4 Å². The monoisotopic (exact) mass is 353 g/mol. The number of amides is 2. The van der Waals surface area contributed by atoms with E-state index in [1.54, 1.807) is 24.4 Å². The van der Waals surface area contributed by atoms with Crippen molar-refractivity contribution < 1.29 is 19.1 Å². The maximum absolute atomic E-state index is 12.4. The molecule has 0 aliphatic rings. The number of aromatic amines is 1. The minimum Gasteiger partial charge on any atom is -0.423 e. The number of carbonyl (C=O) groups excluding carboxylic acids is 3. The molecule has 3 rings (SSSR count). The fourth-order valence-electron chi connectivity index (χ4n) is 2.24. The fraction of sp³-hybridized carbons (Fsp3) is 0.118. The Morgan fingerprint density at radius 1 is 1.19 bits per heavy atom. The van der Waals surface area contributed by atoms with Crippen molar-refractivity contribution in [3.63, 3.8) is 0 Å². The summed E-state index contributed by atoms with van der Waals surface area (Å²) in [5.74, 6) is -1.19. The van der Waals surface area contributed by atoms with Gasteiger partial charge in [0.2, 0.25) is 5.91 Å². The molecule has 3 N–H and O–H groups in total. The first-order valence-electron chi connectivity index (χ1n) is 7.66. The number of aromatic nitrogens is 3. The van der Waals surface area contributed by atoms with Crippen molar-refractivity contribution in [1.82, 2.24) is 25.8 Å². The average Bonchev–Trinajstić information content (AvgIpc) is 3.14. The topological polar surface area (TPSA) is 126 Å². The van der Waals surface area contributed by atoms with Crippen LogP contribution in [0.3, 0.4) is 0 Å². The molecule has 0 fully saturated rings. The highest BCUT2D eigenvalue weighted by atomic mass is 16.5. The van der Waals surface area contributed by atoms with E-state index in [9.17, 15) is 14.4 Å². The van der Waals surface area contributed by atoms with Gasteiger partial charge in [0.25, 0.3) is 5.91 Å². The van der Waals surface area contributed by atoms with E-state index < -0.39 is 11.9 Å². The number of ether oxygens (including phenoxy) is 1. The quantitative estimate of drug-likeness (QED) is 0.457. The maximum atomic E-state index is 12.4. The van der Waals surface area contributed by atoms with Crippen LogP contribution in [-0.4, -0.2) is 46.6 Å². The second-order valence-electron chi connectivity index (χ2n) is 5.29. The van der Waals surface area contributed by atoms with Gasteiger partial charge >= 0.3 is 5.97 Å². The number of nitrogens with zero attached hydrogens (tertiary/aromatic N) is 2. The number of hydrogen-bond donors (Lipinski definition) is 3. The molecule has 0 atom stereocenters. The van der Waals surface area contributed by atoms with E-state index >= 15 is 0 Å². The Morgan fingerprint density at radius 3 is 2.85 bits per heavy atom. The Bertz CT molecular complexity index is 982. The van der Waals surface area contributed by atoms with Crippen molar-refractivity contribution >= 4 is 28.7 Å². The van der Waals surface area contributed by atoms with Gasteiger partial charge in [-0.25, -0.2) is 4.79 Å². The number of hydrogen-bond acceptors (Lipinski definition) is 6. The summed E-state index contributed by atoms with van der Waals surface area (Å²) in [5.41, 5.74) is 1.13. The van der Waals surface area contributed by atoms with E-state index in [1.807, 2.05) is 0 Å². The molecule has 2 aromatic heterocycles. The van der Waals surface area contributed by atoms with Crippen molar-refractivity contribution in [3.8, 4) is 5.75 Å². The van der Waals surface area contributed by atoms with Gasteiger partial charge in [-0.05, 0) is 18.2 Å². The van der Waals surface area contributed by atoms with Crippen molar-refractivity contribution in [3.05, 3.63) is 54.0 Å². The van der Waals surface area contributed by atoms with Crippen LogP contribution >= 0.6 is 0 Å². The van der Waals surface area contributed by atoms with Crippen LogP contribution in [0.15, 0.2) is 42.9 Å². The predicted molar refractivity (Wildman–Crippen MR) is 91.7 cm³/mol. The normalized spacial score (nSPS) is 10.3. The Morgan fingerprint density at radius 2 is 2.04 bits per heavy atom. The van der Waals surface area contributed by atoms with E-state index in [1.165, 1.54) is 25.5 Å². The van der Waals surface area contributed by atoms with Crippen LogP contribution in [0.1, 0.15) is 20.7 Å². The first kappa shape index (κ1) is 17.1. The van der Waals surface area contributed by atoms with Gasteiger partial charge in [0, 0.05) is 24.2 Å². The third-order valence-electron chi connectivity index (χ3n) is 3.58. The van der Waals surface area contributed by atoms with E-state index in [0.717, 1.165) is 0 Å². The lowest BCUT2D eigenvalue weighted by atomic mass is 10.2. The largest absolute Gasteiger partial charge is 0.423 e. The highest BCUT2D eigenvalue weighted by Gasteiger charge is 2.15. The molecule has 0 aliphatic carbocycles. The molecule has 3 aromatic rings. The van der Waals surface area contributed by atoms with E-state index in [0.29, 0.717) is 10.9 Å². The number of H-pyrrole nitrogens is 1. The Hall–Kier alpha value is -3.75. The fourth-order valence-corrected chi connectivity index (χ4v) is 2.24. The average molecular weight is 353 g/mol. The summed E-state index contributed by atoms with van der Waals surface area (Å²) in [7, 11) is 1.48. The van der Waals surface area contributed by atoms with E-state index in [-0.39, 0.29) is 29.3 Å². The number of likely N-dealkylation sites (N-methyl/N-ethyl adjacent to an activating group) is 1. The molecule has 132 valence electrons. The first-order chi connectivity index (χ1) is 12.6. The van der Waals surface area contributed by atoms with Gasteiger partial charge < -0.3 is 15.4 Å². The number of rotatable bonds is 5. The molecule has 9 heteroatoms. The molecule has 0 spiro atoms. The van der Waals surface area contributed by atoms with Crippen molar-refractivity contribution in [1.29, 1.82) is 0 Å². The summed E-state index contributed by atoms with van der Waals surface area (Å²) in [5, 5.41) is 12.1. The molecule has 0 saturated carbocycles. The van der Waals surface area contributed by atoms with Gasteiger partial charge in [-0.2, -0.15) is 5.10 Å². The smallest absolute Gasteiger partial charge is 0.345 e. The minimum absolute atomic E-state index is 0.145. The number of carbonyl (C=O) groups is 3. The van der Waals surface area contributed by atoms with Gasteiger partial charge in [0.05, 0.1) is 30.0 Å². The highest BCUT2D eigenvalue weighted by molar-refractivity contribution is 6.03. The van der Waals surface area contributed by atoms with Crippen molar-refractivity contribution in [2.45, 2.75) is 0 Å². The van der Waals surface area contributed by atoms with Gasteiger partial charge in [-0.1, -0.05) is 6.07 Å². The van der Waals surface area contributed by atoms with Gasteiger partial charge in [0.1, 0.15) is 5.75 Å². The summed E-state index contributed by atoms with van der Waals surface area (Å²) in [6.45, 7) is -0.145. The van der Waals surface area contributed by atoms with E-state index in [4.69, 9.17) is 4.74 Å². The molecule has 9 nitrogen and oxygen atoms in total.